The number of rotatable bonds is 3. The molecule has 3 rings (SSSR count). The summed E-state index contributed by atoms with van der Waals surface area (Å²) in [5.41, 5.74) is 2.62. The molecule has 1 heterocycles. The van der Waals surface area contributed by atoms with Gasteiger partial charge in [0.25, 0.3) is 0 Å². The summed E-state index contributed by atoms with van der Waals surface area (Å²) in [4.78, 5) is 14.5. The number of amides is 1. The molecular formula is C19H18Cl2N2O. The molecule has 1 saturated heterocycles. The molecule has 0 bridgehead atoms. The molecule has 0 saturated carbocycles. The van der Waals surface area contributed by atoms with E-state index in [-0.39, 0.29) is 5.91 Å². The lowest BCUT2D eigenvalue weighted by molar-refractivity contribution is -0.126. The number of nitrogens with zero attached hydrogens (tertiary/aromatic N) is 1. The topological polar surface area (TPSA) is 32.3 Å². The van der Waals surface area contributed by atoms with Crippen molar-refractivity contribution < 1.29 is 4.79 Å². The summed E-state index contributed by atoms with van der Waals surface area (Å²) in [6.45, 7) is 3.08. The summed E-state index contributed by atoms with van der Waals surface area (Å²) in [5.74, 6) is 0.00597. The Bertz CT molecular complexity index is 720. The SMILES string of the molecule is O=C(C=C(c1cccc(Cl)c1)c1cccc(Cl)c1)N1CCNCC1. The van der Waals surface area contributed by atoms with Crippen LogP contribution in [-0.2, 0) is 4.79 Å². The first-order valence-corrected chi connectivity index (χ1v) is 8.62. The summed E-state index contributed by atoms with van der Waals surface area (Å²) < 4.78 is 0. The maximum atomic E-state index is 12.7. The third-order valence-corrected chi connectivity index (χ3v) is 4.44. The van der Waals surface area contributed by atoms with Gasteiger partial charge in [0.15, 0.2) is 0 Å². The largest absolute Gasteiger partial charge is 0.337 e. The summed E-state index contributed by atoms with van der Waals surface area (Å²) in [6.07, 6.45) is 1.68. The quantitative estimate of drug-likeness (QED) is 0.843. The smallest absolute Gasteiger partial charge is 0.247 e. The minimum Gasteiger partial charge on any atom is -0.337 e. The van der Waals surface area contributed by atoms with Gasteiger partial charge in [-0.05, 0) is 41.0 Å². The molecule has 0 radical (unpaired) electrons. The maximum Gasteiger partial charge on any atom is 0.247 e. The van der Waals surface area contributed by atoms with Gasteiger partial charge in [0, 0.05) is 42.3 Å². The van der Waals surface area contributed by atoms with Crippen LogP contribution in [0.25, 0.3) is 5.57 Å². The Morgan fingerprint density at radius 2 is 1.50 bits per heavy atom. The van der Waals surface area contributed by atoms with Crippen LogP contribution < -0.4 is 5.32 Å². The molecular weight excluding hydrogens is 343 g/mol. The third kappa shape index (κ3) is 4.18. The Morgan fingerprint density at radius 3 is 2.00 bits per heavy atom. The summed E-state index contributed by atoms with van der Waals surface area (Å²) in [6, 6.07) is 15.0. The van der Waals surface area contributed by atoms with Gasteiger partial charge < -0.3 is 10.2 Å². The van der Waals surface area contributed by atoms with E-state index < -0.39 is 0 Å². The number of carbonyl (C=O) groups excluding carboxylic acids is 1. The minimum atomic E-state index is 0.00597. The number of hydrogen-bond donors (Lipinski definition) is 1. The average Bonchev–Trinajstić information content (AvgIpc) is 2.60. The van der Waals surface area contributed by atoms with Crippen LogP contribution in [0.3, 0.4) is 0 Å². The molecule has 2 aromatic carbocycles. The Labute approximate surface area is 151 Å². The van der Waals surface area contributed by atoms with Crippen molar-refractivity contribution in [2.75, 3.05) is 26.2 Å². The van der Waals surface area contributed by atoms with Crippen molar-refractivity contribution in [3.8, 4) is 0 Å². The fraction of sp³-hybridized carbons (Fsp3) is 0.211. The van der Waals surface area contributed by atoms with Gasteiger partial charge in [0.2, 0.25) is 5.91 Å². The van der Waals surface area contributed by atoms with Gasteiger partial charge in [-0.1, -0.05) is 47.5 Å². The third-order valence-electron chi connectivity index (χ3n) is 3.97. The maximum absolute atomic E-state index is 12.7. The highest BCUT2D eigenvalue weighted by molar-refractivity contribution is 6.31. The molecule has 0 atom stereocenters. The molecule has 0 spiro atoms. The molecule has 124 valence electrons. The molecule has 1 N–H and O–H groups in total. The van der Waals surface area contributed by atoms with Crippen LogP contribution >= 0.6 is 23.2 Å². The van der Waals surface area contributed by atoms with Crippen LogP contribution in [0.2, 0.25) is 10.0 Å². The van der Waals surface area contributed by atoms with Crippen molar-refractivity contribution in [3.05, 3.63) is 75.8 Å². The van der Waals surface area contributed by atoms with Crippen molar-refractivity contribution >= 4 is 34.7 Å². The first-order valence-electron chi connectivity index (χ1n) is 7.87. The van der Waals surface area contributed by atoms with Crippen LogP contribution in [-0.4, -0.2) is 37.0 Å². The molecule has 0 aromatic heterocycles. The molecule has 3 nitrogen and oxygen atoms in total. The van der Waals surface area contributed by atoms with E-state index in [2.05, 4.69) is 5.32 Å². The normalized spacial score (nSPS) is 14.3. The van der Waals surface area contributed by atoms with Crippen LogP contribution in [0, 0.1) is 0 Å². The molecule has 2 aromatic rings. The predicted octanol–water partition coefficient (Wildman–Crippen LogP) is 3.86. The van der Waals surface area contributed by atoms with Crippen molar-refractivity contribution in [2.45, 2.75) is 0 Å². The number of carbonyl (C=O) groups is 1. The fourth-order valence-corrected chi connectivity index (χ4v) is 3.13. The van der Waals surface area contributed by atoms with Gasteiger partial charge in [0.05, 0.1) is 0 Å². The lowest BCUT2D eigenvalue weighted by atomic mass is 9.97. The Hall–Kier alpha value is -1.81. The average molecular weight is 361 g/mol. The molecule has 1 aliphatic rings. The van der Waals surface area contributed by atoms with Crippen molar-refractivity contribution in [1.29, 1.82) is 0 Å². The fourth-order valence-electron chi connectivity index (χ4n) is 2.75. The zero-order valence-corrected chi connectivity index (χ0v) is 14.6. The number of benzene rings is 2. The number of nitrogens with one attached hydrogen (secondary N) is 1. The highest BCUT2D eigenvalue weighted by atomic mass is 35.5. The van der Waals surface area contributed by atoms with Gasteiger partial charge in [-0.15, -0.1) is 0 Å². The van der Waals surface area contributed by atoms with E-state index in [1.54, 1.807) is 6.08 Å². The van der Waals surface area contributed by atoms with Crippen molar-refractivity contribution in [3.63, 3.8) is 0 Å². The molecule has 0 aliphatic carbocycles. The van der Waals surface area contributed by atoms with Crippen LogP contribution in [0.15, 0.2) is 54.6 Å². The van der Waals surface area contributed by atoms with Gasteiger partial charge in [-0.25, -0.2) is 0 Å². The Balaban J connectivity index is 2.01. The molecule has 1 amide bonds. The predicted molar refractivity (Wildman–Crippen MR) is 99.4 cm³/mol. The van der Waals surface area contributed by atoms with Crippen LogP contribution in [0.1, 0.15) is 11.1 Å². The summed E-state index contributed by atoms with van der Waals surface area (Å²) in [7, 11) is 0. The zero-order valence-electron chi connectivity index (χ0n) is 13.1. The first kappa shape index (κ1) is 17.0. The Kier molecular flexibility index (Phi) is 5.56. The second-order valence-electron chi connectivity index (χ2n) is 5.65. The monoisotopic (exact) mass is 360 g/mol. The molecule has 24 heavy (non-hydrogen) atoms. The van der Waals surface area contributed by atoms with E-state index in [0.29, 0.717) is 23.1 Å². The first-order chi connectivity index (χ1) is 11.6. The van der Waals surface area contributed by atoms with E-state index in [1.165, 1.54) is 0 Å². The second-order valence-corrected chi connectivity index (χ2v) is 6.53. The number of hydrogen-bond acceptors (Lipinski definition) is 2. The van der Waals surface area contributed by atoms with Gasteiger partial charge in [-0.3, -0.25) is 4.79 Å². The lowest BCUT2D eigenvalue weighted by Crippen LogP contribution is -2.45. The molecule has 5 heteroatoms. The number of halogens is 2. The lowest BCUT2D eigenvalue weighted by Gasteiger charge is -2.26. The second kappa shape index (κ2) is 7.84. The molecule has 0 unspecified atom stereocenters. The van der Waals surface area contributed by atoms with Crippen molar-refractivity contribution in [1.82, 2.24) is 10.2 Å². The van der Waals surface area contributed by atoms with E-state index in [1.807, 2.05) is 53.4 Å². The molecule has 1 aliphatic heterocycles. The Morgan fingerprint density at radius 1 is 0.958 bits per heavy atom. The standard InChI is InChI=1S/C19H18Cl2N2O/c20-16-5-1-3-14(11-16)18(15-4-2-6-17(21)12-15)13-19(24)23-9-7-22-8-10-23/h1-6,11-13,22H,7-10H2. The van der Waals surface area contributed by atoms with Crippen LogP contribution in [0.5, 0.6) is 0 Å². The molecule has 1 fully saturated rings. The summed E-state index contributed by atoms with van der Waals surface area (Å²) in [5, 5.41) is 4.52. The van der Waals surface area contributed by atoms with E-state index in [9.17, 15) is 4.79 Å². The highest BCUT2D eigenvalue weighted by Gasteiger charge is 2.16. The van der Waals surface area contributed by atoms with Gasteiger partial charge in [-0.2, -0.15) is 0 Å². The van der Waals surface area contributed by atoms with E-state index in [0.717, 1.165) is 29.8 Å². The van der Waals surface area contributed by atoms with E-state index >= 15 is 0 Å². The van der Waals surface area contributed by atoms with Gasteiger partial charge in [0.1, 0.15) is 0 Å². The summed E-state index contributed by atoms with van der Waals surface area (Å²) >= 11 is 12.3. The number of piperazine rings is 1. The van der Waals surface area contributed by atoms with Crippen molar-refractivity contribution in [2.24, 2.45) is 0 Å². The zero-order chi connectivity index (χ0) is 16.9. The van der Waals surface area contributed by atoms with Gasteiger partial charge >= 0.3 is 0 Å². The highest BCUT2D eigenvalue weighted by Crippen LogP contribution is 2.27. The van der Waals surface area contributed by atoms with Crippen LogP contribution in [0.4, 0.5) is 0 Å². The minimum absolute atomic E-state index is 0.00597. The van der Waals surface area contributed by atoms with E-state index in [4.69, 9.17) is 23.2 Å².